The van der Waals surface area contributed by atoms with Crippen molar-refractivity contribution in [3.63, 3.8) is 0 Å². The van der Waals surface area contributed by atoms with Crippen molar-refractivity contribution in [2.75, 3.05) is 18.0 Å². The Labute approximate surface area is 188 Å². The van der Waals surface area contributed by atoms with Gasteiger partial charge in [0, 0.05) is 38.5 Å². The predicted molar refractivity (Wildman–Crippen MR) is 118 cm³/mol. The molecule has 0 bridgehead atoms. The number of rotatable bonds is 4. The summed E-state index contributed by atoms with van der Waals surface area (Å²) < 4.78 is 46.0. The molecule has 4 rings (SSSR count). The van der Waals surface area contributed by atoms with Crippen LogP contribution in [0.1, 0.15) is 31.0 Å². The lowest BCUT2D eigenvalue weighted by Gasteiger charge is -2.39. The highest BCUT2D eigenvalue weighted by molar-refractivity contribution is 5.88. The van der Waals surface area contributed by atoms with E-state index in [1.165, 1.54) is 16.7 Å². The fourth-order valence-corrected chi connectivity index (χ4v) is 4.29. The topological polar surface area (TPSA) is 71.2 Å². The molecule has 0 radical (unpaired) electrons. The molecule has 9 heteroatoms. The fraction of sp³-hybridized carbons (Fsp3) is 0.375. The Kier molecular flexibility index (Phi) is 6.02. The first-order valence-electron chi connectivity index (χ1n) is 10.7. The van der Waals surface area contributed by atoms with Gasteiger partial charge in [-0.15, -0.1) is 0 Å². The zero-order chi connectivity index (χ0) is 23.8. The first-order valence-corrected chi connectivity index (χ1v) is 10.7. The number of aryl methyl sites for hydroxylation is 1. The number of nitriles is 1. The summed E-state index contributed by atoms with van der Waals surface area (Å²) in [5.41, 5.74) is 1.31. The summed E-state index contributed by atoms with van der Waals surface area (Å²) in [6.07, 6.45) is -3.12. The van der Waals surface area contributed by atoms with E-state index in [-0.39, 0.29) is 23.3 Å². The van der Waals surface area contributed by atoms with Crippen molar-refractivity contribution in [2.24, 2.45) is 13.0 Å². The number of pyridine rings is 2. The van der Waals surface area contributed by atoms with Crippen LogP contribution in [0.15, 0.2) is 47.3 Å². The van der Waals surface area contributed by atoms with Crippen molar-refractivity contribution in [3.05, 3.63) is 64.1 Å². The maximum absolute atomic E-state index is 12.8. The van der Waals surface area contributed by atoms with Crippen LogP contribution in [-0.2, 0) is 13.2 Å². The van der Waals surface area contributed by atoms with Crippen LogP contribution in [0.3, 0.4) is 0 Å². The lowest BCUT2D eigenvalue weighted by atomic mass is 9.91. The van der Waals surface area contributed by atoms with Crippen LogP contribution >= 0.6 is 0 Å². The van der Waals surface area contributed by atoms with Crippen molar-refractivity contribution >= 4 is 16.7 Å². The van der Waals surface area contributed by atoms with Crippen LogP contribution in [0, 0.1) is 17.2 Å². The standard InChI is InChI=1S/C24H23F3N4O2/c1-3-15-14-31(11-10-21(15)33-18-7-4-16(5-8-18)24(25,26)27)20-12-22(32)30(2)19-9-6-17(13-28)29-23(19)20/h4-9,12,15,21H,3,10-11,14H2,1-2H3. The number of halogens is 3. The third-order valence-corrected chi connectivity index (χ3v) is 6.18. The smallest absolute Gasteiger partial charge is 0.416 e. The van der Waals surface area contributed by atoms with Crippen LogP contribution in [0.4, 0.5) is 18.9 Å². The molecule has 33 heavy (non-hydrogen) atoms. The summed E-state index contributed by atoms with van der Waals surface area (Å²) in [4.78, 5) is 19.1. The molecule has 0 N–H and O–H groups in total. The van der Waals surface area contributed by atoms with Crippen molar-refractivity contribution in [2.45, 2.75) is 32.0 Å². The molecule has 1 aliphatic heterocycles. The molecule has 1 aromatic carbocycles. The number of anilines is 1. The number of hydrogen-bond acceptors (Lipinski definition) is 5. The molecule has 6 nitrogen and oxygen atoms in total. The van der Waals surface area contributed by atoms with Crippen LogP contribution < -0.4 is 15.2 Å². The summed E-state index contributed by atoms with van der Waals surface area (Å²) >= 11 is 0. The molecule has 0 amide bonds. The highest BCUT2D eigenvalue weighted by atomic mass is 19.4. The minimum atomic E-state index is -4.38. The number of aromatic nitrogens is 2. The monoisotopic (exact) mass is 456 g/mol. The van der Waals surface area contributed by atoms with E-state index < -0.39 is 11.7 Å². The Morgan fingerprint density at radius 1 is 1.21 bits per heavy atom. The minimum Gasteiger partial charge on any atom is -0.490 e. The maximum atomic E-state index is 12.8. The molecular weight excluding hydrogens is 433 g/mol. The van der Waals surface area contributed by atoms with Crippen LogP contribution in [0.2, 0.25) is 0 Å². The Balaban J connectivity index is 1.58. The minimum absolute atomic E-state index is 0.0966. The molecule has 0 saturated carbocycles. The second-order valence-electron chi connectivity index (χ2n) is 8.18. The molecule has 3 aromatic rings. The van der Waals surface area contributed by atoms with Crippen LogP contribution in [0.25, 0.3) is 11.0 Å². The first kappa shape index (κ1) is 22.6. The second-order valence-corrected chi connectivity index (χ2v) is 8.18. The maximum Gasteiger partial charge on any atom is 0.416 e. The van der Waals surface area contributed by atoms with Gasteiger partial charge in [-0.1, -0.05) is 6.92 Å². The number of nitrogens with zero attached hydrogens (tertiary/aromatic N) is 4. The van der Waals surface area contributed by atoms with E-state index in [1.807, 2.05) is 13.0 Å². The van der Waals surface area contributed by atoms with E-state index in [0.717, 1.165) is 18.6 Å². The van der Waals surface area contributed by atoms with Gasteiger partial charge >= 0.3 is 6.18 Å². The molecule has 2 atom stereocenters. The third kappa shape index (κ3) is 4.51. The average molecular weight is 456 g/mol. The van der Waals surface area contributed by atoms with Gasteiger partial charge in [-0.25, -0.2) is 4.98 Å². The van der Waals surface area contributed by atoms with Gasteiger partial charge in [0.15, 0.2) is 0 Å². The Bertz CT molecular complexity index is 1260. The van der Waals surface area contributed by atoms with Gasteiger partial charge in [0.25, 0.3) is 5.56 Å². The van der Waals surface area contributed by atoms with E-state index in [1.54, 1.807) is 25.2 Å². The van der Waals surface area contributed by atoms with E-state index in [4.69, 9.17) is 4.74 Å². The highest BCUT2D eigenvalue weighted by Crippen LogP contribution is 2.33. The third-order valence-electron chi connectivity index (χ3n) is 6.18. The molecular formula is C24H23F3N4O2. The molecule has 2 aromatic heterocycles. The summed E-state index contributed by atoms with van der Waals surface area (Å²) in [5, 5.41) is 9.27. The number of benzene rings is 1. The number of ether oxygens (including phenoxy) is 1. The number of alkyl halides is 3. The van der Waals surface area contributed by atoms with Crippen molar-refractivity contribution in [1.29, 1.82) is 5.26 Å². The zero-order valence-electron chi connectivity index (χ0n) is 18.3. The van der Waals surface area contributed by atoms with Crippen LogP contribution in [-0.4, -0.2) is 28.7 Å². The van der Waals surface area contributed by atoms with E-state index in [2.05, 4.69) is 9.88 Å². The van der Waals surface area contributed by atoms with Gasteiger partial charge in [0.05, 0.1) is 16.8 Å². The molecule has 1 fully saturated rings. The normalized spacial score (nSPS) is 18.8. The van der Waals surface area contributed by atoms with Gasteiger partial charge in [0.2, 0.25) is 0 Å². The quantitative estimate of drug-likeness (QED) is 0.578. The summed E-state index contributed by atoms with van der Waals surface area (Å²) in [7, 11) is 1.67. The van der Waals surface area contributed by atoms with Crippen molar-refractivity contribution in [3.8, 4) is 11.8 Å². The average Bonchev–Trinajstić information content (AvgIpc) is 2.81. The summed E-state index contributed by atoms with van der Waals surface area (Å²) in [5.74, 6) is 0.499. The molecule has 3 heterocycles. The SMILES string of the molecule is CCC1CN(c2cc(=O)n(C)c3ccc(C#N)nc23)CCC1Oc1ccc(C(F)(F)F)cc1. The molecule has 0 aliphatic carbocycles. The van der Waals surface area contributed by atoms with E-state index in [9.17, 15) is 23.2 Å². The Hall–Kier alpha value is -3.54. The predicted octanol–water partition coefficient (Wildman–Crippen LogP) is 4.51. The Morgan fingerprint density at radius 3 is 2.58 bits per heavy atom. The molecule has 0 spiro atoms. The zero-order valence-corrected chi connectivity index (χ0v) is 18.3. The van der Waals surface area contributed by atoms with Gasteiger partial charge in [0.1, 0.15) is 29.1 Å². The highest BCUT2D eigenvalue weighted by Gasteiger charge is 2.32. The molecule has 1 saturated heterocycles. The summed E-state index contributed by atoms with van der Waals surface area (Å²) in [6.45, 7) is 3.22. The van der Waals surface area contributed by atoms with Crippen LogP contribution in [0.5, 0.6) is 5.75 Å². The summed E-state index contributed by atoms with van der Waals surface area (Å²) in [6, 6.07) is 11.6. The van der Waals surface area contributed by atoms with Crippen molar-refractivity contribution < 1.29 is 17.9 Å². The lowest BCUT2D eigenvalue weighted by Crippen LogP contribution is -2.46. The molecule has 1 aliphatic rings. The van der Waals surface area contributed by atoms with E-state index in [0.29, 0.717) is 42.0 Å². The lowest BCUT2D eigenvalue weighted by molar-refractivity contribution is -0.137. The second kappa shape index (κ2) is 8.77. The van der Waals surface area contributed by atoms with Gasteiger partial charge in [-0.3, -0.25) is 4.79 Å². The number of hydrogen-bond donors (Lipinski definition) is 0. The van der Waals surface area contributed by atoms with E-state index >= 15 is 0 Å². The number of fused-ring (bicyclic) bond motifs is 1. The largest absolute Gasteiger partial charge is 0.490 e. The van der Waals surface area contributed by atoms with Gasteiger partial charge in [-0.05, 0) is 42.8 Å². The van der Waals surface area contributed by atoms with Gasteiger partial charge < -0.3 is 14.2 Å². The fourth-order valence-electron chi connectivity index (χ4n) is 4.29. The molecule has 2 unspecified atom stereocenters. The number of piperidine rings is 1. The first-order chi connectivity index (χ1) is 15.7. The van der Waals surface area contributed by atoms with Gasteiger partial charge in [-0.2, -0.15) is 18.4 Å². The Morgan fingerprint density at radius 2 is 1.94 bits per heavy atom. The molecule has 172 valence electrons. The van der Waals surface area contributed by atoms with Crippen molar-refractivity contribution in [1.82, 2.24) is 9.55 Å².